The van der Waals surface area contributed by atoms with Crippen LogP contribution in [-0.2, 0) is 34.2 Å². The van der Waals surface area contributed by atoms with E-state index in [1.807, 2.05) is 18.2 Å². The summed E-state index contributed by atoms with van der Waals surface area (Å²) >= 11 is 0. The Morgan fingerprint density at radius 1 is 1.11 bits per heavy atom. The van der Waals surface area contributed by atoms with Gasteiger partial charge in [-0.1, -0.05) is 6.07 Å². The molecule has 0 spiro atoms. The van der Waals surface area contributed by atoms with E-state index in [1.54, 1.807) is 29.4 Å². The van der Waals surface area contributed by atoms with Crippen LogP contribution in [0.3, 0.4) is 0 Å². The van der Waals surface area contributed by atoms with Crippen molar-refractivity contribution in [2.75, 3.05) is 13.1 Å². The zero-order valence-corrected chi connectivity index (χ0v) is 16.3. The minimum Gasteiger partial charge on any atom is -0.337 e. The summed E-state index contributed by atoms with van der Waals surface area (Å²) in [6.45, 7) is 2.39. The van der Waals surface area contributed by atoms with Gasteiger partial charge >= 0.3 is 0 Å². The minimum absolute atomic E-state index is 0.0974. The molecule has 1 N–H and O–H groups in total. The third-order valence-corrected chi connectivity index (χ3v) is 6.33. The number of nitrogens with zero attached hydrogens (tertiary/aromatic N) is 2. The molecule has 3 rings (SSSR count). The molecule has 1 heterocycles. The third-order valence-electron chi connectivity index (χ3n) is 4.87. The lowest BCUT2D eigenvalue weighted by Crippen LogP contribution is -2.37. The molecule has 0 fully saturated rings. The smallest absolute Gasteiger partial charge is 0.240 e. The van der Waals surface area contributed by atoms with Crippen LogP contribution in [0.25, 0.3) is 0 Å². The number of benzene rings is 1. The Morgan fingerprint density at radius 2 is 1.81 bits per heavy atom. The quantitative estimate of drug-likeness (QED) is 0.791. The number of rotatable bonds is 7. The molecule has 0 saturated heterocycles. The topological polar surface area (TPSA) is 79.4 Å². The number of nitrogens with one attached hydrogen (secondary N) is 1. The van der Waals surface area contributed by atoms with Crippen LogP contribution in [0.5, 0.6) is 0 Å². The second kappa shape index (κ2) is 8.63. The summed E-state index contributed by atoms with van der Waals surface area (Å²) in [5.74, 6) is -0.0974. The summed E-state index contributed by atoms with van der Waals surface area (Å²) < 4.78 is 27.8. The predicted molar refractivity (Wildman–Crippen MR) is 104 cm³/mol. The number of pyridine rings is 1. The van der Waals surface area contributed by atoms with Gasteiger partial charge in [0.2, 0.25) is 15.9 Å². The van der Waals surface area contributed by atoms with Crippen LogP contribution in [0.2, 0.25) is 0 Å². The van der Waals surface area contributed by atoms with Crippen LogP contribution in [-0.4, -0.2) is 37.3 Å². The van der Waals surface area contributed by atoms with Crippen molar-refractivity contribution >= 4 is 15.9 Å². The van der Waals surface area contributed by atoms with Gasteiger partial charge in [-0.25, -0.2) is 13.1 Å². The van der Waals surface area contributed by atoms with E-state index >= 15 is 0 Å². The molecular weight excluding hydrogens is 362 g/mol. The Labute approximate surface area is 160 Å². The van der Waals surface area contributed by atoms with E-state index in [1.165, 1.54) is 12.5 Å². The first kappa shape index (κ1) is 19.5. The lowest BCUT2D eigenvalue weighted by atomic mass is 9.92. The molecule has 0 radical (unpaired) electrons. The zero-order valence-electron chi connectivity index (χ0n) is 15.5. The van der Waals surface area contributed by atoms with Crippen LogP contribution in [0.4, 0.5) is 0 Å². The molecule has 0 aliphatic heterocycles. The van der Waals surface area contributed by atoms with Crippen molar-refractivity contribution in [2.24, 2.45) is 0 Å². The second-order valence-corrected chi connectivity index (χ2v) is 8.60. The van der Waals surface area contributed by atoms with Crippen LogP contribution < -0.4 is 4.72 Å². The average Bonchev–Trinajstić information content (AvgIpc) is 2.67. The van der Waals surface area contributed by atoms with Crippen molar-refractivity contribution < 1.29 is 13.2 Å². The number of hydrogen-bond donors (Lipinski definition) is 1. The van der Waals surface area contributed by atoms with Crippen molar-refractivity contribution in [3.63, 3.8) is 0 Å². The summed E-state index contributed by atoms with van der Waals surface area (Å²) in [7, 11) is -3.59. The van der Waals surface area contributed by atoms with Crippen LogP contribution in [0.1, 0.15) is 36.5 Å². The number of fused-ring (bicyclic) bond motifs is 1. The fraction of sp³-hybridized carbons (Fsp3) is 0.400. The number of aromatic nitrogens is 1. The van der Waals surface area contributed by atoms with Gasteiger partial charge < -0.3 is 4.90 Å². The fourth-order valence-electron chi connectivity index (χ4n) is 3.33. The van der Waals surface area contributed by atoms with Crippen molar-refractivity contribution in [1.29, 1.82) is 0 Å². The fourth-order valence-corrected chi connectivity index (χ4v) is 4.40. The average molecular weight is 388 g/mol. The lowest BCUT2D eigenvalue weighted by Gasteiger charge is -2.21. The van der Waals surface area contributed by atoms with Crippen molar-refractivity contribution in [3.8, 4) is 0 Å². The molecular formula is C20H25N3O3S. The molecule has 0 unspecified atom stereocenters. The lowest BCUT2D eigenvalue weighted by molar-refractivity contribution is -0.129. The molecule has 6 nitrogen and oxygen atoms in total. The molecule has 1 amide bonds. The van der Waals surface area contributed by atoms with Crippen LogP contribution in [0.15, 0.2) is 47.6 Å². The highest BCUT2D eigenvalue weighted by Gasteiger charge is 2.18. The maximum absolute atomic E-state index is 12.6. The SMILES string of the molecule is CC(=O)N(CCNS(=O)(=O)c1ccc2c(c1)CCCC2)Cc1ccncc1. The second-order valence-electron chi connectivity index (χ2n) is 6.83. The van der Waals surface area contributed by atoms with Gasteiger partial charge in [-0.15, -0.1) is 0 Å². The van der Waals surface area contributed by atoms with Gasteiger partial charge in [0.1, 0.15) is 0 Å². The Balaban J connectivity index is 1.61. The van der Waals surface area contributed by atoms with Crippen LogP contribution >= 0.6 is 0 Å². The summed E-state index contributed by atoms with van der Waals surface area (Å²) in [6.07, 6.45) is 7.56. The van der Waals surface area contributed by atoms with Crippen molar-refractivity contribution in [2.45, 2.75) is 44.0 Å². The largest absolute Gasteiger partial charge is 0.337 e. The van der Waals surface area contributed by atoms with E-state index in [0.29, 0.717) is 18.0 Å². The normalized spacial score (nSPS) is 13.8. The molecule has 1 aromatic carbocycles. The maximum Gasteiger partial charge on any atom is 0.240 e. The van der Waals surface area contributed by atoms with Crippen LogP contribution in [0, 0.1) is 0 Å². The van der Waals surface area contributed by atoms with Crippen molar-refractivity contribution in [1.82, 2.24) is 14.6 Å². The number of amides is 1. The summed E-state index contributed by atoms with van der Waals surface area (Å²) in [6, 6.07) is 9.07. The molecule has 2 aromatic rings. The summed E-state index contributed by atoms with van der Waals surface area (Å²) in [5.41, 5.74) is 3.34. The van der Waals surface area contributed by atoms with Crippen molar-refractivity contribution in [3.05, 3.63) is 59.4 Å². The molecule has 1 aliphatic carbocycles. The van der Waals surface area contributed by atoms with E-state index in [2.05, 4.69) is 9.71 Å². The first-order valence-electron chi connectivity index (χ1n) is 9.21. The highest BCUT2D eigenvalue weighted by atomic mass is 32.2. The van der Waals surface area contributed by atoms with E-state index in [9.17, 15) is 13.2 Å². The molecule has 1 aromatic heterocycles. The standard InChI is InChI=1S/C20H25N3O3S/c1-16(24)23(15-17-8-10-21-11-9-17)13-12-22-27(25,26)20-7-6-18-4-2-3-5-19(18)14-20/h6-11,14,22H,2-5,12-13,15H2,1H3. The molecule has 27 heavy (non-hydrogen) atoms. The number of sulfonamides is 1. The van der Waals surface area contributed by atoms with Gasteiger partial charge in [-0.05, 0) is 66.6 Å². The third kappa shape index (κ3) is 5.14. The van der Waals surface area contributed by atoms with Gasteiger partial charge in [0, 0.05) is 39.0 Å². The molecule has 1 aliphatic rings. The zero-order chi connectivity index (χ0) is 19.3. The Morgan fingerprint density at radius 3 is 2.52 bits per heavy atom. The first-order valence-corrected chi connectivity index (χ1v) is 10.7. The summed E-state index contributed by atoms with van der Waals surface area (Å²) in [4.78, 5) is 17.7. The molecule has 0 saturated carbocycles. The number of hydrogen-bond acceptors (Lipinski definition) is 4. The first-order chi connectivity index (χ1) is 13.0. The maximum atomic E-state index is 12.6. The van der Waals surface area contributed by atoms with Gasteiger partial charge in [-0.3, -0.25) is 9.78 Å². The van der Waals surface area contributed by atoms with E-state index < -0.39 is 10.0 Å². The molecule has 7 heteroatoms. The van der Waals surface area contributed by atoms with Gasteiger partial charge in [-0.2, -0.15) is 0 Å². The predicted octanol–water partition coefficient (Wildman–Crippen LogP) is 2.29. The Kier molecular flexibility index (Phi) is 6.23. The Bertz CT molecular complexity index is 898. The molecule has 0 bridgehead atoms. The van der Waals surface area contributed by atoms with Gasteiger partial charge in [0.15, 0.2) is 0 Å². The number of carbonyl (C=O) groups excluding carboxylic acids is 1. The van der Waals surface area contributed by atoms with Gasteiger partial charge in [0.05, 0.1) is 4.90 Å². The van der Waals surface area contributed by atoms with E-state index in [0.717, 1.165) is 36.8 Å². The van der Waals surface area contributed by atoms with E-state index in [4.69, 9.17) is 0 Å². The molecule has 144 valence electrons. The minimum atomic E-state index is -3.59. The summed E-state index contributed by atoms with van der Waals surface area (Å²) in [5, 5.41) is 0. The number of carbonyl (C=O) groups is 1. The number of aryl methyl sites for hydroxylation is 2. The Hall–Kier alpha value is -2.25. The molecule has 0 atom stereocenters. The monoisotopic (exact) mass is 387 g/mol. The van der Waals surface area contributed by atoms with E-state index in [-0.39, 0.29) is 12.5 Å². The highest BCUT2D eigenvalue weighted by Crippen LogP contribution is 2.24. The van der Waals surface area contributed by atoms with Gasteiger partial charge in [0.25, 0.3) is 0 Å². The highest BCUT2D eigenvalue weighted by molar-refractivity contribution is 7.89.